The van der Waals surface area contributed by atoms with Crippen LogP contribution in [0.3, 0.4) is 0 Å². The predicted molar refractivity (Wildman–Crippen MR) is 159 cm³/mol. The molecule has 0 spiro atoms. The van der Waals surface area contributed by atoms with Crippen molar-refractivity contribution in [2.45, 2.75) is 57.5 Å². The minimum atomic E-state index is -4.45. The molecule has 1 aromatic carbocycles. The Bertz CT molecular complexity index is 1490. The highest BCUT2D eigenvalue weighted by molar-refractivity contribution is 7.12. The lowest BCUT2D eigenvalue weighted by molar-refractivity contribution is -0.139. The lowest BCUT2D eigenvalue weighted by atomic mass is 9.98. The molecule has 7 nitrogen and oxygen atoms in total. The lowest BCUT2D eigenvalue weighted by Crippen LogP contribution is -2.46. The molecule has 0 aliphatic carbocycles. The summed E-state index contributed by atoms with van der Waals surface area (Å²) in [5, 5.41) is 8.10. The highest BCUT2D eigenvalue weighted by atomic mass is 32.1. The van der Waals surface area contributed by atoms with Gasteiger partial charge in [-0.3, -0.25) is 4.99 Å². The van der Waals surface area contributed by atoms with Gasteiger partial charge in [-0.25, -0.2) is 14.4 Å². The summed E-state index contributed by atoms with van der Waals surface area (Å²) in [6.45, 7) is 10.9. The van der Waals surface area contributed by atoms with E-state index in [4.69, 9.17) is 0 Å². The molecular weight excluding hydrogens is 554 g/mol. The number of amidine groups is 1. The van der Waals surface area contributed by atoms with Gasteiger partial charge in [0.1, 0.15) is 12.7 Å². The van der Waals surface area contributed by atoms with Gasteiger partial charge in [0.25, 0.3) is 0 Å². The van der Waals surface area contributed by atoms with E-state index in [-0.39, 0.29) is 23.5 Å². The summed E-state index contributed by atoms with van der Waals surface area (Å²) in [4.78, 5) is 16.4. The fraction of sp³-hybridized carbons (Fsp3) is 0.483. The number of aromatic nitrogens is 2. The number of hydrogen-bond donors (Lipinski definition) is 2. The smallest absolute Gasteiger partial charge is 0.379 e. The average Bonchev–Trinajstić information content (AvgIpc) is 3.63. The second-order valence-electron chi connectivity index (χ2n) is 11.7. The SMILES string of the molecule is C=C(NCC1=NC(c2cc3c(NC4CCN(C)CC4F)cccc3n2CC(F)(F)F)=NC1)c1cnc(C(C)(C)C)s1. The number of halogens is 4. The number of likely N-dealkylation sites (tertiary alicyclic amines) is 1. The van der Waals surface area contributed by atoms with E-state index >= 15 is 0 Å². The molecule has 2 unspecified atom stereocenters. The zero-order chi connectivity index (χ0) is 29.5. The second kappa shape index (κ2) is 11.2. The molecule has 12 heteroatoms. The summed E-state index contributed by atoms with van der Waals surface area (Å²) in [5.74, 6) is 0.245. The maximum atomic E-state index is 14.8. The molecule has 2 aliphatic rings. The topological polar surface area (TPSA) is 69.8 Å². The number of thiazole rings is 1. The van der Waals surface area contributed by atoms with E-state index in [1.54, 1.807) is 41.8 Å². The summed E-state index contributed by atoms with van der Waals surface area (Å²) in [5.41, 5.74) is 2.60. The van der Waals surface area contributed by atoms with Crippen LogP contribution < -0.4 is 10.6 Å². The van der Waals surface area contributed by atoms with Crippen LogP contribution in [0, 0.1) is 0 Å². The highest BCUT2D eigenvalue weighted by Gasteiger charge is 2.32. The zero-order valence-electron chi connectivity index (χ0n) is 23.6. The van der Waals surface area contributed by atoms with Crippen molar-refractivity contribution in [2.24, 2.45) is 9.98 Å². The van der Waals surface area contributed by atoms with Gasteiger partial charge in [-0.2, -0.15) is 13.2 Å². The average molecular weight is 590 g/mol. The van der Waals surface area contributed by atoms with Crippen LogP contribution in [0.5, 0.6) is 0 Å². The van der Waals surface area contributed by atoms with Crippen molar-refractivity contribution in [1.82, 2.24) is 19.8 Å². The van der Waals surface area contributed by atoms with Crippen molar-refractivity contribution in [3.63, 3.8) is 0 Å². The molecule has 2 N–H and O–H groups in total. The van der Waals surface area contributed by atoms with E-state index in [1.807, 2.05) is 11.9 Å². The third-order valence-corrected chi connectivity index (χ3v) is 8.71. The largest absolute Gasteiger partial charge is 0.406 e. The van der Waals surface area contributed by atoms with Crippen LogP contribution in [0.25, 0.3) is 16.6 Å². The van der Waals surface area contributed by atoms with Gasteiger partial charge < -0.3 is 20.1 Å². The number of nitrogens with one attached hydrogen (secondary N) is 2. The Hall–Kier alpha value is -3.25. The monoisotopic (exact) mass is 589 g/mol. The fourth-order valence-electron chi connectivity index (χ4n) is 5.04. The van der Waals surface area contributed by atoms with Crippen molar-refractivity contribution in [3.8, 4) is 0 Å². The minimum absolute atomic E-state index is 0.0631. The third-order valence-electron chi connectivity index (χ3n) is 7.22. The van der Waals surface area contributed by atoms with Gasteiger partial charge in [0.15, 0.2) is 5.84 Å². The maximum absolute atomic E-state index is 14.8. The summed E-state index contributed by atoms with van der Waals surface area (Å²) in [7, 11) is 1.87. The molecule has 0 radical (unpaired) electrons. The molecule has 2 atom stereocenters. The molecule has 0 amide bonds. The molecule has 3 aromatic rings. The van der Waals surface area contributed by atoms with Gasteiger partial charge in [0.2, 0.25) is 0 Å². The normalized spacial score (nSPS) is 20.3. The third kappa shape index (κ3) is 6.64. The molecule has 2 aromatic heterocycles. The first-order chi connectivity index (χ1) is 19.3. The van der Waals surface area contributed by atoms with Crippen molar-refractivity contribution >= 4 is 45.2 Å². The molecule has 0 bridgehead atoms. The standard InChI is InChI=1S/C29H35F4N7S/c1-17(25-14-36-27(41-25)28(2,3)4)34-12-18-13-35-26(37-18)24-11-19-21(38-22-9-10-39(5)15-20(22)30)7-6-8-23(19)40(24)16-29(31,32)33/h6-8,11,14,20,22,34,38H,1,9-10,12-13,15-16H2,2-5H3. The Balaban J connectivity index is 1.38. The number of fused-ring (bicyclic) bond motifs is 1. The van der Waals surface area contributed by atoms with Gasteiger partial charge >= 0.3 is 6.18 Å². The summed E-state index contributed by atoms with van der Waals surface area (Å²) >= 11 is 1.57. The van der Waals surface area contributed by atoms with Gasteiger partial charge in [0, 0.05) is 41.5 Å². The highest BCUT2D eigenvalue weighted by Crippen LogP contribution is 2.33. The van der Waals surface area contributed by atoms with E-state index in [0.717, 1.165) is 16.4 Å². The van der Waals surface area contributed by atoms with E-state index < -0.39 is 24.9 Å². The number of nitrogens with zero attached hydrogens (tertiary/aromatic N) is 5. The van der Waals surface area contributed by atoms with Gasteiger partial charge in [-0.15, -0.1) is 11.3 Å². The van der Waals surface area contributed by atoms with Crippen LogP contribution in [0.15, 0.2) is 47.0 Å². The molecule has 2 aliphatic heterocycles. The number of hydrogen-bond acceptors (Lipinski definition) is 7. The Labute approximate surface area is 241 Å². The minimum Gasteiger partial charge on any atom is -0.379 e. The van der Waals surface area contributed by atoms with E-state index in [1.165, 1.54) is 4.57 Å². The number of rotatable bonds is 8. The van der Waals surface area contributed by atoms with Crippen molar-refractivity contribution < 1.29 is 17.6 Å². The van der Waals surface area contributed by atoms with Gasteiger partial charge in [-0.1, -0.05) is 33.4 Å². The molecule has 41 heavy (non-hydrogen) atoms. The van der Waals surface area contributed by atoms with E-state index in [9.17, 15) is 17.6 Å². The number of aliphatic imine (C=N–C) groups is 2. The molecule has 220 valence electrons. The van der Waals surface area contributed by atoms with Crippen LogP contribution >= 0.6 is 11.3 Å². The van der Waals surface area contributed by atoms with Crippen LogP contribution in [-0.4, -0.2) is 77.6 Å². The summed E-state index contributed by atoms with van der Waals surface area (Å²) < 4.78 is 57.1. The molecular formula is C29H35F4N7S. The fourth-order valence-corrected chi connectivity index (χ4v) is 5.96. The summed E-state index contributed by atoms with van der Waals surface area (Å²) in [6, 6.07) is 6.37. The Morgan fingerprint density at radius 1 is 1.22 bits per heavy atom. The van der Waals surface area contributed by atoms with Crippen molar-refractivity contribution in [1.29, 1.82) is 0 Å². The van der Waals surface area contributed by atoms with E-state index in [0.29, 0.717) is 47.5 Å². The molecule has 1 saturated heterocycles. The lowest BCUT2D eigenvalue weighted by Gasteiger charge is -2.33. The molecule has 0 saturated carbocycles. The maximum Gasteiger partial charge on any atom is 0.406 e. The molecule has 1 fully saturated rings. The number of alkyl halides is 4. The predicted octanol–water partition coefficient (Wildman–Crippen LogP) is 5.87. The number of benzene rings is 1. The van der Waals surface area contributed by atoms with Crippen molar-refractivity contribution in [2.75, 3.05) is 38.5 Å². The molecule has 4 heterocycles. The first kappa shape index (κ1) is 29.2. The quantitative estimate of drug-likeness (QED) is 0.323. The Kier molecular flexibility index (Phi) is 7.99. The van der Waals surface area contributed by atoms with Crippen LogP contribution in [-0.2, 0) is 12.0 Å². The summed E-state index contributed by atoms with van der Waals surface area (Å²) in [6.07, 6.45) is -3.15. The first-order valence-corrected chi connectivity index (χ1v) is 14.4. The van der Waals surface area contributed by atoms with Crippen LogP contribution in [0.4, 0.5) is 23.2 Å². The Morgan fingerprint density at radius 2 is 2.00 bits per heavy atom. The number of piperidine rings is 1. The second-order valence-corrected chi connectivity index (χ2v) is 12.7. The number of anilines is 1. The van der Waals surface area contributed by atoms with Gasteiger partial charge in [-0.05, 0) is 31.7 Å². The van der Waals surface area contributed by atoms with Crippen LogP contribution in [0.1, 0.15) is 42.8 Å². The van der Waals surface area contributed by atoms with Gasteiger partial charge in [0.05, 0.1) is 45.9 Å². The van der Waals surface area contributed by atoms with E-state index in [2.05, 4.69) is 53.0 Å². The van der Waals surface area contributed by atoms with Crippen molar-refractivity contribution in [3.05, 3.63) is 52.6 Å². The van der Waals surface area contributed by atoms with Crippen LogP contribution in [0.2, 0.25) is 0 Å². The first-order valence-electron chi connectivity index (χ1n) is 13.6. The zero-order valence-corrected chi connectivity index (χ0v) is 24.5. The Morgan fingerprint density at radius 3 is 2.68 bits per heavy atom. The molecule has 5 rings (SSSR count).